The lowest BCUT2D eigenvalue weighted by Gasteiger charge is -2.36. The quantitative estimate of drug-likeness (QED) is 0.00653. The van der Waals surface area contributed by atoms with E-state index >= 15 is 0 Å². The van der Waals surface area contributed by atoms with Crippen LogP contribution in [-0.4, -0.2) is 247 Å². The van der Waals surface area contributed by atoms with Gasteiger partial charge < -0.3 is 69.6 Å². The minimum absolute atomic E-state index is 0.00281. The third kappa shape index (κ3) is 40.1. The summed E-state index contributed by atoms with van der Waals surface area (Å²) < 4.78 is 58.6. The van der Waals surface area contributed by atoms with Crippen molar-refractivity contribution in [3.8, 4) is 12.1 Å². The van der Waals surface area contributed by atoms with Crippen LogP contribution < -0.4 is 28.1 Å². The number of nitrogens with zero attached hydrogens (tertiary/aromatic N) is 10. The summed E-state index contributed by atoms with van der Waals surface area (Å²) in [4.78, 5) is 110. The number of benzene rings is 2. The molecule has 41 heteroatoms. The van der Waals surface area contributed by atoms with Crippen LogP contribution in [0.15, 0.2) is 65.1 Å². The van der Waals surface area contributed by atoms with Crippen LogP contribution in [0.1, 0.15) is 306 Å². The summed E-state index contributed by atoms with van der Waals surface area (Å²) in [7, 11) is -9.36. The Bertz CT molecular complexity index is 4690. The second-order valence-electron chi connectivity index (χ2n) is 47.0. The van der Waals surface area contributed by atoms with Gasteiger partial charge in [-0.15, -0.1) is 14.5 Å². The van der Waals surface area contributed by atoms with Crippen LogP contribution in [0.5, 0.6) is 0 Å². The summed E-state index contributed by atoms with van der Waals surface area (Å²) in [6.45, 7) is 49.5. The zero-order chi connectivity index (χ0) is 105. The maximum absolute atomic E-state index is 12.7. The maximum Gasteiger partial charge on any atom is 0.418 e. The molecule has 3 aromatic rings. The second kappa shape index (κ2) is 50.9. The van der Waals surface area contributed by atoms with Gasteiger partial charge in [-0.2, -0.15) is 34.1 Å². The van der Waals surface area contributed by atoms with Crippen LogP contribution in [0.4, 0.5) is 14.4 Å². The summed E-state index contributed by atoms with van der Waals surface area (Å²) in [5, 5.41) is 64.0. The van der Waals surface area contributed by atoms with Gasteiger partial charge in [0, 0.05) is 70.0 Å². The lowest BCUT2D eigenvalue weighted by Crippen LogP contribution is -2.51. The number of nitrogens with two attached hydrogens (primary N) is 3. The number of carboxylic acid groups (broad SMARTS) is 2. The summed E-state index contributed by atoms with van der Waals surface area (Å²) in [6.07, 6.45) is 25.7. The van der Waals surface area contributed by atoms with Gasteiger partial charge in [0.05, 0.1) is 69.1 Å². The number of carboxylic acids is 2. The first-order valence-corrected chi connectivity index (χ1v) is 60.4. The zero-order valence-corrected chi connectivity index (χ0v) is 91.6. The first-order chi connectivity index (χ1) is 65.5. The number of aromatic nitrogens is 2. The molecule has 0 unspecified atom stereocenters. The van der Waals surface area contributed by atoms with Gasteiger partial charge in [-0.25, -0.2) is 20.2 Å². The van der Waals surface area contributed by atoms with Gasteiger partial charge in [0.15, 0.2) is 30.7 Å². The number of aliphatic hydroxyl groups excluding tert-OH is 2. The number of hydrogen-bond donors (Lipinski definition) is 10. The minimum Gasteiger partial charge on any atom is -0.481 e. The average Bonchev–Trinajstić information content (AvgIpc) is 1.55. The molecule has 6 aliphatic heterocycles. The fraction of sp³-hybridized carbons (Fsp3) is 0.760. The SMILES string of the molecule is CC(C)(C)[Si](C)(C)OCCC#N.CC(C)(C)[Si](C)(C)OCCC1(N)CC1.CC1(CC(=O)CNC(=O)[C@@H]2CC[C@@H]3CN2C(=O)N3OCc2ccccc2)CC1.CC1(CC(=O)O)CC1.CC1(CC(=O)O)CC1.CC1(CCO)CC1.CC1(CCO[Si](C)(C)C(C)(C)C)CC1.N#CCCO.NC1(Cc2nnc([C@@H]3CC[C@@H]4CN3C(=O)N4OS(=O)(=O)O)o2)CC1.NNC(=O)[C@@H]1CC[C@@H]2CN1C(=O)N2OCc1ccccc1. The van der Waals surface area contributed by atoms with Crippen molar-refractivity contribution >= 4 is 83.0 Å². The third-order valence-corrected chi connectivity index (χ3v) is 44.4. The second-order valence-corrected chi connectivity index (χ2v) is 62.4. The highest BCUT2D eigenvalue weighted by atomic mass is 32.3. The van der Waals surface area contributed by atoms with E-state index < -0.39 is 77.5 Å². The van der Waals surface area contributed by atoms with Crippen molar-refractivity contribution in [1.82, 2.24) is 50.8 Å². The number of nitriles is 2. The molecular formula is C100H169N15O22SSi3. The molecule has 6 saturated heterocycles. The maximum atomic E-state index is 12.7. The van der Waals surface area contributed by atoms with E-state index in [2.05, 4.69) is 154 Å². The van der Waals surface area contributed by atoms with Crippen LogP contribution in [0, 0.1) is 49.7 Å². The average molecular weight is 2050 g/mol. The molecule has 2 aromatic carbocycles. The Hall–Kier alpha value is -7.96. The predicted molar refractivity (Wildman–Crippen MR) is 541 cm³/mol. The van der Waals surface area contributed by atoms with E-state index in [0.29, 0.717) is 141 Å². The molecule has 141 heavy (non-hydrogen) atoms. The number of hydrogen-bond acceptors (Lipinski definition) is 26. The number of hydroxylamine groups is 6. The lowest BCUT2D eigenvalue weighted by atomic mass is 9.99. The van der Waals surface area contributed by atoms with E-state index in [4.69, 9.17) is 80.2 Å². The number of aliphatic hydroxyl groups is 2. The molecule has 6 atom stereocenters. The Labute approximate surface area is 840 Å². The predicted octanol–water partition coefficient (Wildman–Crippen LogP) is 16.0. The normalized spacial score (nSPS) is 22.7. The van der Waals surface area contributed by atoms with E-state index in [9.17, 15) is 46.8 Å². The molecule has 1 aromatic heterocycles. The van der Waals surface area contributed by atoms with Gasteiger partial charge in [-0.05, 0) is 240 Å². The number of fused-ring (bicyclic) bond motifs is 6. The third-order valence-electron chi connectivity index (χ3n) is 30.4. The molecule has 37 nitrogen and oxygen atoms in total. The van der Waals surface area contributed by atoms with Crippen molar-refractivity contribution in [1.29, 1.82) is 10.5 Å². The topological polar surface area (TPSA) is 535 Å². The van der Waals surface area contributed by atoms with Crippen molar-refractivity contribution in [3.63, 3.8) is 0 Å². The summed E-state index contributed by atoms with van der Waals surface area (Å²) in [5.41, 5.74) is 17.7. The zero-order valence-electron chi connectivity index (χ0n) is 87.8. The molecule has 7 heterocycles. The standard InChI is InChI=1S/C21H27N3O4.C14H18N4O3.C12H17N5O6S.C12H26OSi.C11H25NOSi.C9H19NOSi.2C6H10O2.C6H12O.C3H5NO/c1-21(9-10-21)11-17(25)12-22-19(26)18-8-7-16-13-23(18)20(27)24(16)28-14-15-5-3-2-4-6-15;15-16-13(19)12-7-6-11-8-17(12)14(20)18(11)21-9-10-4-2-1-3-5-10;13-12(3-4-12)5-9-14-15-10(22-9)8-2-1-7-6-16(8)11(18)17(7)23-24(19,20)21;1-11(2,3)14(5,6)13-10-9-12(4)7-8-12;1-10(2,3)14(4,5)13-9-8-11(12)6-7-11;1-9(2,3)12(4,5)11-8-6-7-10;2*1-6(2-3-6)4-5(7)8;1-6(2-3-6)4-5-7;4-2-1-3-5/h2-6,16,18H,7-14H2,1H3,(H,22,26);1-5,11-12H,6-9,15H2,(H,16,19);7-8H,1-6,13H2,(H,19,20,21);7-10H2,1-6H3;6-9,12H2,1-5H3;6,8H2,1-5H3;2*2-4H2,1H3,(H,7,8);7H,2-5H2,1H3;5H,1,3H2/t16-,18+;11-,12+;7-,8+;;;;;;;/m111......./s1. The number of carbonyl (C=O) groups excluding carboxylic acids is 6. The Morgan fingerprint density at radius 2 is 0.887 bits per heavy atom. The Balaban J connectivity index is 0.000000221. The minimum atomic E-state index is -4.76. The molecule has 794 valence electrons. The number of urea groups is 3. The van der Waals surface area contributed by atoms with E-state index in [-0.39, 0.29) is 100 Å². The molecule has 7 aliphatic carbocycles. The number of hydrazine groups is 1. The number of piperidine rings is 3. The number of aliphatic carboxylic acids is 2. The number of Topliss-reactive ketones (excluding diaryl/α,β-unsaturated/α-hetero) is 1. The van der Waals surface area contributed by atoms with Gasteiger partial charge in [0.2, 0.25) is 17.7 Å². The molecule has 7 saturated carbocycles. The van der Waals surface area contributed by atoms with Gasteiger partial charge in [-0.3, -0.25) is 43.6 Å². The molecule has 0 spiro atoms. The van der Waals surface area contributed by atoms with Crippen molar-refractivity contribution in [2.75, 3.05) is 59.2 Å². The first kappa shape index (κ1) is 120. The Morgan fingerprint density at radius 3 is 1.25 bits per heavy atom. The van der Waals surface area contributed by atoms with E-state index in [1.54, 1.807) is 11.0 Å². The van der Waals surface area contributed by atoms with Gasteiger partial charge in [-0.1, -0.05) is 158 Å². The molecule has 13 N–H and O–H groups in total. The highest BCUT2D eigenvalue weighted by molar-refractivity contribution is 7.80. The van der Waals surface area contributed by atoms with Gasteiger partial charge in [0.25, 0.3) is 5.91 Å². The lowest BCUT2D eigenvalue weighted by molar-refractivity contribution is -0.140. The van der Waals surface area contributed by atoms with Crippen LogP contribution in [0.3, 0.4) is 0 Å². The largest absolute Gasteiger partial charge is 0.481 e. The number of carbonyl (C=O) groups is 8. The summed E-state index contributed by atoms with van der Waals surface area (Å²) in [6, 6.07) is 20.1. The van der Waals surface area contributed by atoms with Gasteiger partial charge in [0.1, 0.15) is 31.3 Å². The highest BCUT2D eigenvalue weighted by Gasteiger charge is 2.54. The van der Waals surface area contributed by atoms with Crippen molar-refractivity contribution in [3.05, 3.63) is 83.6 Å². The monoisotopic (exact) mass is 2050 g/mol. The fourth-order valence-electron chi connectivity index (χ4n) is 15.3. The molecular weight excluding hydrogens is 1880 g/mol. The van der Waals surface area contributed by atoms with Gasteiger partial charge >= 0.3 is 40.4 Å². The van der Waals surface area contributed by atoms with Crippen molar-refractivity contribution in [2.45, 2.75) is 398 Å². The molecule has 16 rings (SSSR count). The molecule has 13 aliphatic rings. The number of rotatable bonds is 35. The number of ketones is 1. The number of amides is 8. The fourth-order valence-corrected chi connectivity index (χ4v) is 18.9. The first-order valence-electron chi connectivity index (χ1n) is 50.3. The van der Waals surface area contributed by atoms with Crippen LogP contribution in [0.2, 0.25) is 54.4 Å². The Morgan fingerprint density at radius 1 is 0.504 bits per heavy atom. The van der Waals surface area contributed by atoms with E-state index in [1.807, 2.05) is 74.5 Å². The molecule has 8 amide bonds. The van der Waals surface area contributed by atoms with Crippen LogP contribution in [0.25, 0.3) is 0 Å². The highest BCUT2D eigenvalue weighted by Crippen LogP contribution is 2.52. The summed E-state index contributed by atoms with van der Waals surface area (Å²) >= 11 is 0. The van der Waals surface area contributed by atoms with Crippen molar-refractivity contribution < 1.29 is 103 Å². The van der Waals surface area contributed by atoms with Crippen LogP contribution in [-0.2, 0) is 81.2 Å². The molecule has 6 bridgehead atoms. The Kier molecular flexibility index (Phi) is 43.3. The molecule has 13 fully saturated rings. The smallest absolute Gasteiger partial charge is 0.418 e. The van der Waals surface area contributed by atoms with Crippen LogP contribution >= 0.6 is 0 Å². The summed E-state index contributed by atoms with van der Waals surface area (Å²) in [5.74, 6) is 4.06. The number of nitrogens with one attached hydrogen (secondary N) is 2. The van der Waals surface area contributed by atoms with E-state index in [1.165, 1.54) is 64.9 Å². The molecule has 0 radical (unpaired) electrons. The van der Waals surface area contributed by atoms with E-state index in [0.717, 1.165) is 95.0 Å². The van der Waals surface area contributed by atoms with Crippen molar-refractivity contribution in [2.24, 2.45) is 44.4 Å².